The highest BCUT2D eigenvalue weighted by molar-refractivity contribution is 7.99. The van der Waals surface area contributed by atoms with Gasteiger partial charge in [-0.1, -0.05) is 6.92 Å². The highest BCUT2D eigenvalue weighted by atomic mass is 32.2. The van der Waals surface area contributed by atoms with Crippen LogP contribution in [-0.4, -0.2) is 62.5 Å². The summed E-state index contributed by atoms with van der Waals surface area (Å²) in [5.74, 6) is 4.44. The van der Waals surface area contributed by atoms with Crippen LogP contribution in [-0.2, 0) is 6.42 Å². The Morgan fingerprint density at radius 3 is 2.85 bits per heavy atom. The first-order valence-electron chi connectivity index (χ1n) is 9.19. The van der Waals surface area contributed by atoms with Crippen LogP contribution in [0.3, 0.4) is 0 Å². The number of rotatable bonds is 6. The van der Waals surface area contributed by atoms with Crippen molar-refractivity contribution in [2.45, 2.75) is 19.8 Å². The number of aromatic amines is 2. The molecule has 1 aliphatic heterocycles. The molecule has 3 N–H and O–H groups in total. The maximum Gasteiger partial charge on any atom is 0.197 e. The summed E-state index contributed by atoms with van der Waals surface area (Å²) in [6.07, 6.45) is 1.98. The molecule has 3 aromatic rings. The molecule has 6 nitrogen and oxygen atoms in total. The van der Waals surface area contributed by atoms with E-state index >= 15 is 0 Å². The van der Waals surface area contributed by atoms with Crippen molar-refractivity contribution in [1.29, 1.82) is 0 Å². The van der Waals surface area contributed by atoms with Gasteiger partial charge in [0.25, 0.3) is 0 Å². The van der Waals surface area contributed by atoms with Crippen molar-refractivity contribution >= 4 is 51.7 Å². The third-order valence-corrected chi connectivity index (χ3v) is 5.90. The summed E-state index contributed by atoms with van der Waals surface area (Å²) in [5.41, 5.74) is 2.89. The number of imidazole rings is 1. The van der Waals surface area contributed by atoms with Gasteiger partial charge in [-0.25, -0.2) is 9.97 Å². The van der Waals surface area contributed by atoms with Gasteiger partial charge >= 0.3 is 0 Å². The van der Waals surface area contributed by atoms with Gasteiger partial charge in [-0.2, -0.15) is 11.8 Å². The lowest BCUT2D eigenvalue weighted by Gasteiger charge is -2.26. The molecule has 0 unspecified atom stereocenters. The van der Waals surface area contributed by atoms with Gasteiger partial charge in [0.15, 0.2) is 4.77 Å². The first kappa shape index (κ1) is 17.8. The molecule has 0 atom stereocenters. The van der Waals surface area contributed by atoms with Gasteiger partial charge in [-0.3, -0.25) is 0 Å². The van der Waals surface area contributed by atoms with Crippen molar-refractivity contribution in [3.8, 4) is 0 Å². The van der Waals surface area contributed by atoms with Gasteiger partial charge in [-0.15, -0.1) is 0 Å². The van der Waals surface area contributed by atoms with Crippen LogP contribution >= 0.6 is 24.0 Å². The summed E-state index contributed by atoms with van der Waals surface area (Å²) >= 11 is 7.22. The SMILES string of the molecule is CCc1nc(NCCCN2CCSCC2)c2cc3[nH]c(=S)nc3cc2[nH]1. The van der Waals surface area contributed by atoms with Crippen LogP contribution in [0.15, 0.2) is 12.1 Å². The van der Waals surface area contributed by atoms with Gasteiger partial charge in [0.1, 0.15) is 11.6 Å². The standard InChI is InChI=1S/C18H24N6S2/c1-2-16-20-13-11-15-14(21-18(25)22-15)10-12(13)17(23-16)19-4-3-5-24-6-8-26-9-7-24/h10-11,19H,2-9H2,1H3,(H,20,23)(H,21,25). The molecule has 0 bridgehead atoms. The van der Waals surface area contributed by atoms with Gasteiger partial charge in [0.05, 0.1) is 16.6 Å². The van der Waals surface area contributed by atoms with Crippen molar-refractivity contribution in [2.24, 2.45) is 0 Å². The fraction of sp³-hybridized carbons (Fsp3) is 0.500. The number of hydrogen-bond donors (Lipinski definition) is 3. The Morgan fingerprint density at radius 1 is 1.19 bits per heavy atom. The number of aromatic nitrogens is 4. The molecule has 4 rings (SSSR count). The van der Waals surface area contributed by atoms with Crippen LogP contribution in [0.2, 0.25) is 0 Å². The van der Waals surface area contributed by atoms with E-state index in [4.69, 9.17) is 17.2 Å². The Balaban J connectivity index is 1.54. The normalized spacial score (nSPS) is 15.7. The summed E-state index contributed by atoms with van der Waals surface area (Å²) < 4.78 is 0.521. The molecule has 0 spiro atoms. The summed E-state index contributed by atoms with van der Waals surface area (Å²) in [5, 5.41) is 4.62. The molecular weight excluding hydrogens is 364 g/mol. The highest BCUT2D eigenvalue weighted by Gasteiger charge is 2.11. The second-order valence-corrected chi connectivity index (χ2v) is 8.19. The minimum Gasteiger partial charge on any atom is -0.369 e. The van der Waals surface area contributed by atoms with E-state index in [0.717, 1.165) is 59.5 Å². The fourth-order valence-electron chi connectivity index (χ4n) is 3.35. The number of thioether (sulfide) groups is 1. The van der Waals surface area contributed by atoms with E-state index in [1.54, 1.807) is 0 Å². The number of nitrogens with one attached hydrogen (secondary N) is 3. The maximum absolute atomic E-state index is 5.17. The van der Waals surface area contributed by atoms with Crippen molar-refractivity contribution in [3.63, 3.8) is 0 Å². The Labute approximate surface area is 162 Å². The number of fused-ring (bicyclic) bond motifs is 2. The van der Waals surface area contributed by atoms with E-state index in [9.17, 15) is 0 Å². The molecule has 0 radical (unpaired) electrons. The molecule has 0 saturated carbocycles. The van der Waals surface area contributed by atoms with Crippen LogP contribution in [0.5, 0.6) is 0 Å². The first-order valence-corrected chi connectivity index (χ1v) is 10.8. The second-order valence-electron chi connectivity index (χ2n) is 6.58. The van der Waals surface area contributed by atoms with Crippen LogP contribution < -0.4 is 5.32 Å². The minimum atomic E-state index is 0.521. The Kier molecular flexibility index (Phi) is 5.42. The highest BCUT2D eigenvalue weighted by Crippen LogP contribution is 2.25. The molecule has 2 aromatic heterocycles. The molecular formula is C18H24N6S2. The molecule has 1 aromatic carbocycles. The number of anilines is 1. The molecule has 1 fully saturated rings. The lowest BCUT2D eigenvalue weighted by Crippen LogP contribution is -2.34. The molecule has 1 aliphatic rings. The summed E-state index contributed by atoms with van der Waals surface area (Å²) in [6.45, 7) is 6.61. The third kappa shape index (κ3) is 3.87. The van der Waals surface area contributed by atoms with E-state index in [-0.39, 0.29) is 0 Å². The number of benzene rings is 1. The summed E-state index contributed by atoms with van der Waals surface area (Å²) in [7, 11) is 0. The zero-order valence-corrected chi connectivity index (χ0v) is 16.6. The van der Waals surface area contributed by atoms with Gasteiger partial charge in [-0.05, 0) is 37.3 Å². The van der Waals surface area contributed by atoms with Crippen molar-refractivity contribution in [2.75, 3.05) is 43.0 Å². The number of nitrogens with zero attached hydrogens (tertiary/aromatic N) is 3. The van der Waals surface area contributed by atoms with E-state index in [1.807, 2.05) is 6.07 Å². The van der Waals surface area contributed by atoms with Crippen molar-refractivity contribution in [3.05, 3.63) is 22.7 Å². The number of aryl methyl sites for hydroxylation is 1. The molecule has 26 heavy (non-hydrogen) atoms. The van der Waals surface area contributed by atoms with Gasteiger partial charge in [0, 0.05) is 42.9 Å². The summed E-state index contributed by atoms with van der Waals surface area (Å²) in [4.78, 5) is 18.2. The topological polar surface area (TPSA) is 72.6 Å². The van der Waals surface area contributed by atoms with E-state index in [2.05, 4.69) is 49.9 Å². The Bertz CT molecular complexity index is 957. The van der Waals surface area contributed by atoms with Gasteiger partial charge in [0.2, 0.25) is 0 Å². The van der Waals surface area contributed by atoms with E-state index in [0.29, 0.717) is 4.77 Å². The second kappa shape index (κ2) is 7.94. The van der Waals surface area contributed by atoms with E-state index in [1.165, 1.54) is 24.6 Å². The average Bonchev–Trinajstić information content (AvgIpc) is 3.02. The molecule has 8 heteroatoms. The largest absolute Gasteiger partial charge is 0.369 e. The molecule has 3 heterocycles. The monoisotopic (exact) mass is 388 g/mol. The van der Waals surface area contributed by atoms with Crippen LogP contribution in [0.25, 0.3) is 21.9 Å². The number of H-pyrrole nitrogens is 2. The third-order valence-electron chi connectivity index (χ3n) is 4.76. The van der Waals surface area contributed by atoms with Gasteiger partial charge < -0.3 is 20.2 Å². The maximum atomic E-state index is 5.17. The minimum absolute atomic E-state index is 0.521. The fourth-order valence-corrected chi connectivity index (χ4v) is 4.53. The zero-order chi connectivity index (χ0) is 17.9. The molecule has 0 aliphatic carbocycles. The van der Waals surface area contributed by atoms with E-state index < -0.39 is 0 Å². The number of hydrogen-bond acceptors (Lipinski definition) is 6. The van der Waals surface area contributed by atoms with Crippen LogP contribution in [0.4, 0.5) is 5.82 Å². The molecule has 138 valence electrons. The Morgan fingerprint density at radius 2 is 2.04 bits per heavy atom. The zero-order valence-electron chi connectivity index (χ0n) is 15.0. The van der Waals surface area contributed by atoms with Crippen molar-refractivity contribution < 1.29 is 0 Å². The lowest BCUT2D eigenvalue weighted by atomic mass is 10.2. The van der Waals surface area contributed by atoms with Crippen molar-refractivity contribution in [1.82, 2.24) is 24.8 Å². The lowest BCUT2D eigenvalue weighted by molar-refractivity contribution is 0.301. The summed E-state index contributed by atoms with van der Waals surface area (Å²) in [6, 6.07) is 4.13. The predicted molar refractivity (Wildman–Crippen MR) is 113 cm³/mol. The predicted octanol–water partition coefficient (Wildman–Crippen LogP) is 3.58. The quantitative estimate of drug-likeness (QED) is 0.443. The Hall–Kier alpha value is -1.64. The first-order chi connectivity index (χ1) is 12.7. The smallest absolute Gasteiger partial charge is 0.197 e. The average molecular weight is 389 g/mol. The molecule has 1 saturated heterocycles. The van der Waals surface area contributed by atoms with Crippen LogP contribution in [0.1, 0.15) is 19.2 Å². The van der Waals surface area contributed by atoms with Crippen LogP contribution in [0, 0.1) is 4.77 Å². The molecule has 0 amide bonds.